The number of halogens is 3. The molecule has 3 rings (SSSR count). The molecule has 2 saturated heterocycles. The molecule has 22 heavy (non-hydrogen) atoms. The van der Waals surface area contributed by atoms with E-state index in [1.54, 1.807) is 0 Å². The van der Waals surface area contributed by atoms with Crippen LogP contribution in [-0.2, 0) is 4.74 Å². The van der Waals surface area contributed by atoms with E-state index in [0.29, 0.717) is 6.54 Å². The van der Waals surface area contributed by atoms with Gasteiger partial charge in [-0.2, -0.15) is 13.2 Å². The molecule has 0 aromatic heterocycles. The van der Waals surface area contributed by atoms with Gasteiger partial charge in [-0.15, -0.1) is 0 Å². The first kappa shape index (κ1) is 15.6. The van der Waals surface area contributed by atoms with Crippen molar-refractivity contribution in [3.05, 3.63) is 30.3 Å². The Kier molecular flexibility index (Phi) is 4.59. The number of para-hydroxylation sites is 1. The van der Waals surface area contributed by atoms with Crippen LogP contribution in [0.25, 0.3) is 0 Å². The lowest BCUT2D eigenvalue weighted by Gasteiger charge is -2.43. The van der Waals surface area contributed by atoms with E-state index in [4.69, 9.17) is 4.74 Å². The lowest BCUT2D eigenvalue weighted by molar-refractivity contribution is -0.239. The third kappa shape index (κ3) is 3.55. The van der Waals surface area contributed by atoms with Crippen molar-refractivity contribution < 1.29 is 17.9 Å². The van der Waals surface area contributed by atoms with Crippen molar-refractivity contribution in [3.63, 3.8) is 0 Å². The van der Waals surface area contributed by atoms with Gasteiger partial charge in [0.1, 0.15) is 0 Å². The van der Waals surface area contributed by atoms with Crippen LogP contribution < -0.4 is 4.90 Å². The summed E-state index contributed by atoms with van der Waals surface area (Å²) in [6, 6.07) is 10.4. The van der Waals surface area contributed by atoms with Crippen LogP contribution in [0.3, 0.4) is 0 Å². The number of hydrogen-bond donors (Lipinski definition) is 0. The van der Waals surface area contributed by atoms with Gasteiger partial charge in [0.15, 0.2) is 6.10 Å². The number of rotatable bonds is 2. The maximum Gasteiger partial charge on any atom is 0.415 e. The zero-order valence-corrected chi connectivity index (χ0v) is 12.4. The average molecular weight is 314 g/mol. The summed E-state index contributed by atoms with van der Waals surface area (Å²) in [7, 11) is 0. The van der Waals surface area contributed by atoms with Crippen molar-refractivity contribution in [2.24, 2.45) is 0 Å². The standard InChI is InChI=1S/C16H21F3N2O/c17-16(18,19)15-12-21(10-11-22-15)14-6-8-20(9-7-14)13-4-2-1-3-5-13/h1-5,14-15H,6-12H2/t15-/m1/s1. The molecule has 1 atom stereocenters. The lowest BCUT2D eigenvalue weighted by atomic mass is 10.0. The highest BCUT2D eigenvalue weighted by molar-refractivity contribution is 5.46. The average Bonchev–Trinajstić information content (AvgIpc) is 2.55. The molecule has 0 amide bonds. The van der Waals surface area contributed by atoms with E-state index in [1.807, 2.05) is 23.1 Å². The third-order valence-electron chi connectivity index (χ3n) is 4.57. The molecule has 2 fully saturated rings. The Labute approximate surface area is 128 Å². The summed E-state index contributed by atoms with van der Waals surface area (Å²) in [5, 5.41) is 0. The Morgan fingerprint density at radius 2 is 1.68 bits per heavy atom. The summed E-state index contributed by atoms with van der Waals surface area (Å²) >= 11 is 0. The molecule has 2 aliphatic rings. The van der Waals surface area contributed by atoms with Crippen molar-refractivity contribution in [3.8, 4) is 0 Å². The number of ether oxygens (including phenoxy) is 1. The van der Waals surface area contributed by atoms with Gasteiger partial charge in [-0.05, 0) is 25.0 Å². The van der Waals surface area contributed by atoms with E-state index in [0.717, 1.165) is 25.9 Å². The van der Waals surface area contributed by atoms with Gasteiger partial charge >= 0.3 is 6.18 Å². The van der Waals surface area contributed by atoms with Crippen molar-refractivity contribution in [1.82, 2.24) is 4.90 Å². The molecule has 0 bridgehead atoms. The first-order valence-corrected chi connectivity index (χ1v) is 7.76. The maximum atomic E-state index is 12.8. The monoisotopic (exact) mass is 314 g/mol. The van der Waals surface area contributed by atoms with Crippen LogP contribution >= 0.6 is 0 Å². The van der Waals surface area contributed by atoms with Gasteiger partial charge in [-0.3, -0.25) is 4.90 Å². The largest absolute Gasteiger partial charge is 0.415 e. The summed E-state index contributed by atoms with van der Waals surface area (Å²) in [6.45, 7) is 2.52. The summed E-state index contributed by atoms with van der Waals surface area (Å²) in [4.78, 5) is 4.27. The van der Waals surface area contributed by atoms with Gasteiger partial charge in [0.2, 0.25) is 0 Å². The molecular formula is C16H21F3N2O. The minimum atomic E-state index is -4.26. The van der Waals surface area contributed by atoms with E-state index in [-0.39, 0.29) is 19.2 Å². The topological polar surface area (TPSA) is 15.7 Å². The molecule has 2 aliphatic heterocycles. The number of alkyl halides is 3. The SMILES string of the molecule is FC(F)(F)[C@H]1CN(C2CCN(c3ccccc3)CC2)CCO1. The van der Waals surface area contributed by atoms with E-state index in [9.17, 15) is 13.2 Å². The predicted octanol–water partition coefficient (Wildman–Crippen LogP) is 2.92. The first-order valence-electron chi connectivity index (χ1n) is 7.76. The van der Waals surface area contributed by atoms with Crippen LogP contribution in [0.2, 0.25) is 0 Å². The molecule has 6 heteroatoms. The molecule has 122 valence electrons. The zero-order chi connectivity index (χ0) is 15.6. The minimum absolute atomic E-state index is 0.0283. The number of hydrogen-bond acceptors (Lipinski definition) is 3. The van der Waals surface area contributed by atoms with Crippen molar-refractivity contribution >= 4 is 5.69 Å². The molecule has 3 nitrogen and oxygen atoms in total. The lowest BCUT2D eigenvalue weighted by Crippen LogP contribution is -2.54. The zero-order valence-electron chi connectivity index (χ0n) is 12.4. The van der Waals surface area contributed by atoms with Gasteiger partial charge in [-0.1, -0.05) is 18.2 Å². The van der Waals surface area contributed by atoms with Crippen LogP contribution in [0.4, 0.5) is 18.9 Å². The van der Waals surface area contributed by atoms with Crippen LogP contribution in [0.1, 0.15) is 12.8 Å². The Bertz CT molecular complexity index is 472. The van der Waals surface area contributed by atoms with Crippen LogP contribution in [0.5, 0.6) is 0 Å². The third-order valence-corrected chi connectivity index (χ3v) is 4.57. The van der Waals surface area contributed by atoms with E-state index in [1.165, 1.54) is 5.69 Å². The normalized spacial score (nSPS) is 25.4. The highest BCUT2D eigenvalue weighted by atomic mass is 19.4. The van der Waals surface area contributed by atoms with Crippen molar-refractivity contribution in [2.75, 3.05) is 37.7 Å². The summed E-state index contributed by atoms with van der Waals surface area (Å²) < 4.78 is 43.3. The molecule has 0 unspecified atom stereocenters. The van der Waals surface area contributed by atoms with Crippen LogP contribution in [0.15, 0.2) is 30.3 Å². The van der Waals surface area contributed by atoms with Gasteiger partial charge in [0.05, 0.1) is 6.61 Å². The second-order valence-corrected chi connectivity index (χ2v) is 5.95. The molecule has 0 aliphatic carbocycles. The van der Waals surface area contributed by atoms with Gasteiger partial charge in [-0.25, -0.2) is 0 Å². The summed E-state index contributed by atoms with van der Waals surface area (Å²) in [6.07, 6.45) is -4.09. The number of nitrogens with zero attached hydrogens (tertiary/aromatic N) is 2. The van der Waals surface area contributed by atoms with Gasteiger partial charge in [0.25, 0.3) is 0 Å². The Morgan fingerprint density at radius 3 is 2.32 bits per heavy atom. The fourth-order valence-electron chi connectivity index (χ4n) is 3.33. The summed E-state index contributed by atoms with van der Waals surface area (Å²) in [5.74, 6) is 0. The molecule has 0 spiro atoms. The maximum absolute atomic E-state index is 12.8. The van der Waals surface area contributed by atoms with Gasteiger partial charge < -0.3 is 9.64 Å². The number of anilines is 1. The fourth-order valence-corrected chi connectivity index (χ4v) is 3.33. The Balaban J connectivity index is 1.55. The van der Waals surface area contributed by atoms with E-state index in [2.05, 4.69) is 17.0 Å². The highest BCUT2D eigenvalue weighted by Gasteiger charge is 2.44. The Morgan fingerprint density at radius 1 is 1.00 bits per heavy atom. The number of benzene rings is 1. The van der Waals surface area contributed by atoms with Crippen LogP contribution in [0, 0.1) is 0 Å². The van der Waals surface area contributed by atoms with Gasteiger partial charge in [0, 0.05) is 37.9 Å². The highest BCUT2D eigenvalue weighted by Crippen LogP contribution is 2.29. The first-order chi connectivity index (χ1) is 10.5. The van der Waals surface area contributed by atoms with Crippen LogP contribution in [-0.4, -0.2) is 56.0 Å². The quantitative estimate of drug-likeness (QED) is 0.835. The second kappa shape index (κ2) is 6.46. The number of piperidine rings is 1. The van der Waals surface area contributed by atoms with Crippen molar-refractivity contribution in [2.45, 2.75) is 31.2 Å². The van der Waals surface area contributed by atoms with Crippen molar-refractivity contribution in [1.29, 1.82) is 0 Å². The van der Waals surface area contributed by atoms with E-state index < -0.39 is 12.3 Å². The molecule has 0 radical (unpaired) electrons. The predicted molar refractivity (Wildman–Crippen MR) is 79.0 cm³/mol. The van der Waals surface area contributed by atoms with E-state index >= 15 is 0 Å². The smallest absolute Gasteiger partial charge is 0.371 e. The molecule has 2 heterocycles. The molecule has 1 aromatic rings. The molecule has 0 saturated carbocycles. The molecule has 1 aromatic carbocycles. The Hall–Kier alpha value is -1.27. The molecule has 0 N–H and O–H groups in total. The minimum Gasteiger partial charge on any atom is -0.371 e. The summed E-state index contributed by atoms with van der Waals surface area (Å²) in [5.41, 5.74) is 1.19. The molecular weight excluding hydrogens is 293 g/mol. The number of morpholine rings is 1. The fraction of sp³-hybridized carbons (Fsp3) is 0.625. The second-order valence-electron chi connectivity index (χ2n) is 5.95.